The van der Waals surface area contributed by atoms with Crippen molar-refractivity contribution in [1.82, 2.24) is 14.9 Å². The maximum Gasteiger partial charge on any atom is 0.261 e. The van der Waals surface area contributed by atoms with Gasteiger partial charge in [0.1, 0.15) is 12.3 Å². The van der Waals surface area contributed by atoms with Gasteiger partial charge in [-0.05, 0) is 36.8 Å². The van der Waals surface area contributed by atoms with E-state index in [1.165, 1.54) is 10.9 Å². The summed E-state index contributed by atoms with van der Waals surface area (Å²) in [4.78, 5) is 28.9. The molecule has 1 atom stereocenters. The zero-order valence-electron chi connectivity index (χ0n) is 14.1. The zero-order valence-corrected chi connectivity index (χ0v) is 14.1. The van der Waals surface area contributed by atoms with E-state index in [0.717, 1.165) is 11.3 Å². The van der Waals surface area contributed by atoms with E-state index in [0.29, 0.717) is 10.9 Å². The van der Waals surface area contributed by atoms with Gasteiger partial charge in [0.05, 0.1) is 30.4 Å². The number of hydrogen-bond acceptors (Lipinski definition) is 4. The van der Waals surface area contributed by atoms with E-state index in [9.17, 15) is 9.59 Å². The van der Waals surface area contributed by atoms with Gasteiger partial charge in [0.2, 0.25) is 5.91 Å². The lowest BCUT2D eigenvalue weighted by atomic mass is 10.1. The fourth-order valence-electron chi connectivity index (χ4n) is 2.64. The summed E-state index contributed by atoms with van der Waals surface area (Å²) < 4.78 is 6.44. The Labute approximate surface area is 145 Å². The monoisotopic (exact) mass is 337 g/mol. The molecule has 25 heavy (non-hydrogen) atoms. The molecule has 6 heteroatoms. The van der Waals surface area contributed by atoms with Crippen LogP contribution in [0.5, 0.6) is 5.75 Å². The number of nitrogens with one attached hydrogen (secondary N) is 1. The van der Waals surface area contributed by atoms with Crippen molar-refractivity contribution < 1.29 is 9.53 Å². The van der Waals surface area contributed by atoms with Crippen molar-refractivity contribution in [3.63, 3.8) is 0 Å². The second kappa shape index (κ2) is 7.17. The van der Waals surface area contributed by atoms with Crippen molar-refractivity contribution in [1.29, 1.82) is 0 Å². The molecule has 0 bridgehead atoms. The molecule has 2 aromatic carbocycles. The summed E-state index contributed by atoms with van der Waals surface area (Å²) in [5, 5.41) is 3.39. The lowest BCUT2D eigenvalue weighted by Gasteiger charge is -2.15. The van der Waals surface area contributed by atoms with Gasteiger partial charge in [0.15, 0.2) is 0 Å². The fourth-order valence-corrected chi connectivity index (χ4v) is 2.64. The lowest BCUT2D eigenvalue weighted by Crippen LogP contribution is -2.33. The minimum Gasteiger partial charge on any atom is -0.497 e. The number of aromatic nitrogens is 2. The van der Waals surface area contributed by atoms with E-state index >= 15 is 0 Å². The van der Waals surface area contributed by atoms with Crippen molar-refractivity contribution >= 4 is 16.8 Å². The summed E-state index contributed by atoms with van der Waals surface area (Å²) >= 11 is 0. The Hall–Kier alpha value is -3.15. The number of benzene rings is 2. The van der Waals surface area contributed by atoms with Crippen LogP contribution in [-0.2, 0) is 11.3 Å². The number of fused-ring (bicyclic) bond motifs is 1. The maximum atomic E-state index is 12.4. The minimum absolute atomic E-state index is 0.0723. The Morgan fingerprint density at radius 3 is 2.64 bits per heavy atom. The molecule has 3 aromatic rings. The number of carbonyl (C=O) groups excluding carboxylic acids is 1. The normalized spacial score (nSPS) is 11.9. The third-order valence-electron chi connectivity index (χ3n) is 4.04. The van der Waals surface area contributed by atoms with Crippen LogP contribution in [0.15, 0.2) is 59.7 Å². The molecular weight excluding hydrogens is 318 g/mol. The molecule has 0 spiro atoms. The molecule has 0 aliphatic heterocycles. The average molecular weight is 337 g/mol. The van der Waals surface area contributed by atoms with Gasteiger partial charge in [-0.2, -0.15) is 0 Å². The molecule has 0 saturated carbocycles. The van der Waals surface area contributed by atoms with E-state index in [1.54, 1.807) is 25.3 Å². The molecule has 1 aromatic heterocycles. The van der Waals surface area contributed by atoms with Gasteiger partial charge < -0.3 is 10.1 Å². The Morgan fingerprint density at radius 2 is 1.92 bits per heavy atom. The van der Waals surface area contributed by atoms with E-state index in [4.69, 9.17) is 4.74 Å². The van der Waals surface area contributed by atoms with Crippen LogP contribution in [0.25, 0.3) is 10.9 Å². The predicted molar refractivity (Wildman–Crippen MR) is 95.6 cm³/mol. The van der Waals surface area contributed by atoms with Crippen LogP contribution in [0.2, 0.25) is 0 Å². The molecule has 1 N–H and O–H groups in total. The summed E-state index contributed by atoms with van der Waals surface area (Å²) in [5.74, 6) is 0.513. The molecule has 0 aliphatic rings. The second-order valence-electron chi connectivity index (χ2n) is 5.76. The number of ether oxygens (including phenoxy) is 1. The first-order valence-electron chi connectivity index (χ1n) is 7.96. The molecule has 0 aliphatic carbocycles. The van der Waals surface area contributed by atoms with Gasteiger partial charge in [-0.15, -0.1) is 0 Å². The number of hydrogen-bond donors (Lipinski definition) is 1. The first-order chi connectivity index (χ1) is 12.1. The molecular formula is C19H19N3O3. The number of para-hydroxylation sites is 1. The standard InChI is InChI=1S/C19H19N3O3/c1-13(14-7-9-15(25-2)10-8-14)21-18(23)11-22-12-20-17-6-4-3-5-16(17)19(22)24/h3-10,12-13H,11H2,1-2H3,(H,21,23)/t13-/m0/s1. The number of nitrogens with zero attached hydrogens (tertiary/aromatic N) is 2. The zero-order chi connectivity index (χ0) is 17.8. The number of methoxy groups -OCH3 is 1. The third kappa shape index (κ3) is 3.68. The highest BCUT2D eigenvalue weighted by molar-refractivity contribution is 5.79. The third-order valence-corrected chi connectivity index (χ3v) is 4.04. The van der Waals surface area contributed by atoms with Gasteiger partial charge in [-0.25, -0.2) is 4.98 Å². The smallest absolute Gasteiger partial charge is 0.261 e. The van der Waals surface area contributed by atoms with Crippen molar-refractivity contribution in [3.8, 4) is 5.75 Å². The van der Waals surface area contributed by atoms with E-state index in [-0.39, 0.29) is 24.1 Å². The van der Waals surface area contributed by atoms with Gasteiger partial charge in [-0.3, -0.25) is 14.2 Å². The Morgan fingerprint density at radius 1 is 1.20 bits per heavy atom. The van der Waals surface area contributed by atoms with Crippen LogP contribution < -0.4 is 15.6 Å². The predicted octanol–water partition coefficient (Wildman–Crippen LogP) is 2.28. The van der Waals surface area contributed by atoms with Crippen LogP contribution in [-0.4, -0.2) is 22.6 Å². The highest BCUT2D eigenvalue weighted by Gasteiger charge is 2.12. The van der Waals surface area contributed by atoms with Crippen LogP contribution in [0.4, 0.5) is 0 Å². The molecule has 128 valence electrons. The van der Waals surface area contributed by atoms with Crippen molar-refractivity contribution in [2.75, 3.05) is 7.11 Å². The molecule has 3 rings (SSSR count). The van der Waals surface area contributed by atoms with Gasteiger partial charge in [-0.1, -0.05) is 24.3 Å². The van der Waals surface area contributed by atoms with Gasteiger partial charge in [0, 0.05) is 0 Å². The lowest BCUT2D eigenvalue weighted by molar-refractivity contribution is -0.122. The number of rotatable bonds is 5. The van der Waals surface area contributed by atoms with E-state index in [1.807, 2.05) is 37.3 Å². The highest BCUT2D eigenvalue weighted by atomic mass is 16.5. The number of amides is 1. The Kier molecular flexibility index (Phi) is 4.79. The van der Waals surface area contributed by atoms with E-state index < -0.39 is 0 Å². The second-order valence-corrected chi connectivity index (χ2v) is 5.76. The molecule has 0 fully saturated rings. The quantitative estimate of drug-likeness (QED) is 0.775. The van der Waals surface area contributed by atoms with Crippen molar-refractivity contribution in [2.24, 2.45) is 0 Å². The van der Waals surface area contributed by atoms with Crippen molar-refractivity contribution in [3.05, 3.63) is 70.8 Å². The van der Waals surface area contributed by atoms with Crippen LogP contribution in [0.1, 0.15) is 18.5 Å². The van der Waals surface area contributed by atoms with Crippen molar-refractivity contribution in [2.45, 2.75) is 19.5 Å². The molecule has 1 heterocycles. The fraction of sp³-hybridized carbons (Fsp3) is 0.211. The topological polar surface area (TPSA) is 73.2 Å². The Bertz CT molecular complexity index is 948. The summed E-state index contributed by atoms with van der Waals surface area (Å²) in [7, 11) is 1.61. The minimum atomic E-state index is -0.248. The summed E-state index contributed by atoms with van der Waals surface area (Å²) in [6.07, 6.45) is 1.41. The maximum absolute atomic E-state index is 12.4. The Balaban J connectivity index is 1.71. The average Bonchev–Trinajstić information content (AvgIpc) is 2.64. The number of carbonyl (C=O) groups is 1. The molecule has 0 radical (unpaired) electrons. The SMILES string of the molecule is COc1ccc([C@H](C)NC(=O)Cn2cnc3ccccc3c2=O)cc1. The molecule has 0 unspecified atom stereocenters. The first kappa shape index (κ1) is 16.7. The van der Waals surface area contributed by atoms with Crippen LogP contribution in [0, 0.1) is 0 Å². The van der Waals surface area contributed by atoms with Gasteiger partial charge >= 0.3 is 0 Å². The first-order valence-corrected chi connectivity index (χ1v) is 7.96. The highest BCUT2D eigenvalue weighted by Crippen LogP contribution is 2.17. The van der Waals surface area contributed by atoms with Crippen LogP contribution >= 0.6 is 0 Å². The largest absolute Gasteiger partial charge is 0.497 e. The van der Waals surface area contributed by atoms with E-state index in [2.05, 4.69) is 10.3 Å². The molecule has 0 saturated heterocycles. The summed E-state index contributed by atoms with van der Waals surface area (Å²) in [5.41, 5.74) is 1.35. The molecule has 6 nitrogen and oxygen atoms in total. The van der Waals surface area contributed by atoms with Gasteiger partial charge in [0.25, 0.3) is 5.56 Å². The summed E-state index contributed by atoms with van der Waals surface area (Å²) in [6.45, 7) is 1.82. The van der Waals surface area contributed by atoms with Crippen LogP contribution in [0.3, 0.4) is 0 Å². The molecule has 1 amide bonds. The summed E-state index contributed by atoms with van der Waals surface area (Å²) in [6, 6.07) is 14.4.